The lowest BCUT2D eigenvalue weighted by Crippen LogP contribution is -2.46. The molecule has 2 aromatic heterocycles. The third kappa shape index (κ3) is 3.01. The van der Waals surface area contributed by atoms with Gasteiger partial charge in [-0.1, -0.05) is 0 Å². The predicted molar refractivity (Wildman–Crippen MR) is 98.0 cm³/mol. The van der Waals surface area contributed by atoms with Crippen LogP contribution in [-0.4, -0.2) is 58.2 Å². The van der Waals surface area contributed by atoms with Gasteiger partial charge in [-0.3, -0.25) is 4.18 Å². The summed E-state index contributed by atoms with van der Waals surface area (Å²) in [5.41, 5.74) is -5.38. The van der Waals surface area contributed by atoms with Crippen LogP contribution in [0, 0.1) is 6.92 Å². The van der Waals surface area contributed by atoms with E-state index < -0.39 is 51.6 Å². The number of aromatic nitrogens is 3. The van der Waals surface area contributed by atoms with Crippen molar-refractivity contribution >= 4 is 21.2 Å². The Hall–Kier alpha value is -1.80. The second kappa shape index (κ2) is 6.38. The third-order valence-electron chi connectivity index (χ3n) is 6.03. The highest BCUT2D eigenvalue weighted by molar-refractivity contribution is 7.87. The van der Waals surface area contributed by atoms with Crippen LogP contribution in [0.3, 0.4) is 0 Å². The number of ether oxygens (including phenoxy) is 3. The van der Waals surface area contributed by atoms with Crippen molar-refractivity contribution in [2.45, 2.75) is 75.0 Å². The molecule has 3 fully saturated rings. The number of nitrogens with zero attached hydrogens (tertiary/aromatic N) is 3. The number of hydrogen-bond donors (Lipinski definition) is 0. The Morgan fingerprint density at radius 2 is 2.00 bits per heavy atom. The van der Waals surface area contributed by atoms with Crippen molar-refractivity contribution < 1.29 is 40.0 Å². The lowest BCUT2D eigenvalue weighted by molar-refractivity contribution is -0.214. The summed E-state index contributed by atoms with van der Waals surface area (Å²) in [6.45, 7) is 5.20. The number of alkyl halides is 3. The number of hydrogen-bond acceptors (Lipinski definition) is 8. The highest BCUT2D eigenvalue weighted by Crippen LogP contribution is 2.58. The lowest BCUT2D eigenvalue weighted by Gasteiger charge is -2.28. The van der Waals surface area contributed by atoms with Gasteiger partial charge in [-0.25, -0.2) is 9.97 Å². The van der Waals surface area contributed by atoms with Gasteiger partial charge < -0.3 is 18.8 Å². The second-order valence-electron chi connectivity index (χ2n) is 8.44. The van der Waals surface area contributed by atoms with Gasteiger partial charge in [0.25, 0.3) is 0 Å². The standard InChI is InChI=1S/C18H20F3N3O6S/c1-9-10-5-7-24(14(10)23-8-22-9)15-13-17(30-16(2,3)28-13)6-4-11(12(17)27-15)29-31(25,26)18(19,20)21/h5,7-8,11-13,15H,4,6H2,1-3H3/t11-,12-,13+,15-,17-/m1/s1. The molecule has 1 aliphatic carbocycles. The largest absolute Gasteiger partial charge is 0.523 e. The lowest BCUT2D eigenvalue weighted by atomic mass is 9.94. The minimum absolute atomic E-state index is 0.0103. The third-order valence-corrected chi connectivity index (χ3v) is 7.10. The average molecular weight is 463 g/mol. The van der Waals surface area contributed by atoms with Gasteiger partial charge in [-0.2, -0.15) is 21.6 Å². The summed E-state index contributed by atoms with van der Waals surface area (Å²) in [7, 11) is -5.80. The molecule has 31 heavy (non-hydrogen) atoms. The van der Waals surface area contributed by atoms with Gasteiger partial charge in [0.05, 0.1) is 5.69 Å². The maximum atomic E-state index is 12.9. The molecule has 9 nitrogen and oxygen atoms in total. The highest BCUT2D eigenvalue weighted by Gasteiger charge is 2.71. The van der Waals surface area contributed by atoms with Crippen LogP contribution in [0.2, 0.25) is 0 Å². The first-order valence-corrected chi connectivity index (χ1v) is 11.1. The predicted octanol–water partition coefficient (Wildman–Crippen LogP) is 2.56. The number of fused-ring (bicyclic) bond motifs is 1. The Morgan fingerprint density at radius 3 is 2.71 bits per heavy atom. The Labute approximate surface area is 175 Å². The summed E-state index contributed by atoms with van der Waals surface area (Å²) in [5.74, 6) is -1.05. The van der Waals surface area contributed by atoms with Crippen LogP contribution in [0.25, 0.3) is 11.0 Å². The van der Waals surface area contributed by atoms with Crippen LogP contribution in [0.5, 0.6) is 0 Å². The minimum Gasteiger partial charge on any atom is -0.346 e. The molecule has 3 aliphatic rings. The fourth-order valence-electron chi connectivity index (χ4n) is 4.89. The molecule has 0 N–H and O–H groups in total. The Balaban J connectivity index is 1.55. The van der Waals surface area contributed by atoms with Crippen molar-refractivity contribution in [3.8, 4) is 0 Å². The molecule has 1 saturated carbocycles. The average Bonchev–Trinajstić information content (AvgIpc) is 3.33. The van der Waals surface area contributed by atoms with Crippen molar-refractivity contribution in [2.75, 3.05) is 0 Å². The molecular weight excluding hydrogens is 443 g/mol. The molecule has 2 saturated heterocycles. The summed E-state index contributed by atoms with van der Waals surface area (Å²) in [6, 6.07) is 1.80. The summed E-state index contributed by atoms with van der Waals surface area (Å²) in [4.78, 5) is 8.45. The maximum Gasteiger partial charge on any atom is 0.523 e. The van der Waals surface area contributed by atoms with Crippen molar-refractivity contribution in [1.82, 2.24) is 14.5 Å². The van der Waals surface area contributed by atoms with E-state index in [0.29, 0.717) is 5.65 Å². The Morgan fingerprint density at radius 1 is 1.26 bits per heavy atom. The molecule has 0 aromatic carbocycles. The smallest absolute Gasteiger partial charge is 0.346 e. The quantitative estimate of drug-likeness (QED) is 0.506. The topological polar surface area (TPSA) is 102 Å². The van der Waals surface area contributed by atoms with E-state index in [1.165, 1.54) is 6.33 Å². The van der Waals surface area contributed by atoms with Crippen molar-refractivity contribution in [3.05, 3.63) is 24.3 Å². The zero-order valence-corrected chi connectivity index (χ0v) is 17.6. The van der Waals surface area contributed by atoms with Crippen molar-refractivity contribution in [1.29, 1.82) is 0 Å². The summed E-state index contributed by atoms with van der Waals surface area (Å²) in [5, 5.41) is 0.780. The molecule has 1 spiro atoms. The number of halogens is 3. The van der Waals surface area contributed by atoms with Gasteiger partial charge in [0.2, 0.25) is 0 Å². The maximum absolute atomic E-state index is 12.9. The van der Waals surface area contributed by atoms with Crippen LogP contribution < -0.4 is 0 Å². The second-order valence-corrected chi connectivity index (χ2v) is 10.00. The normalized spacial score (nSPS) is 34.9. The van der Waals surface area contributed by atoms with Gasteiger partial charge in [-0.05, 0) is 39.7 Å². The van der Waals surface area contributed by atoms with E-state index in [4.69, 9.17) is 14.2 Å². The minimum atomic E-state index is -5.80. The van der Waals surface area contributed by atoms with Crippen molar-refractivity contribution in [3.63, 3.8) is 0 Å². The Bertz CT molecular complexity index is 1150. The molecule has 2 aromatic rings. The summed E-state index contributed by atoms with van der Waals surface area (Å²) < 4.78 is 86.6. The number of rotatable bonds is 3. The van der Waals surface area contributed by atoms with Crippen LogP contribution in [0.15, 0.2) is 18.6 Å². The van der Waals surface area contributed by atoms with Gasteiger partial charge >= 0.3 is 15.6 Å². The first kappa shape index (κ1) is 21.1. The Kier molecular flexibility index (Phi) is 4.33. The molecular formula is C18H20F3N3O6S. The number of aryl methyl sites for hydroxylation is 1. The van der Waals surface area contributed by atoms with Gasteiger partial charge in [0.15, 0.2) is 12.0 Å². The fraction of sp³-hybridized carbons (Fsp3) is 0.667. The van der Waals surface area contributed by atoms with E-state index in [1.54, 1.807) is 30.7 Å². The molecule has 0 radical (unpaired) electrons. The van der Waals surface area contributed by atoms with E-state index in [-0.39, 0.29) is 12.8 Å². The molecule has 0 bridgehead atoms. The summed E-state index contributed by atoms with van der Waals surface area (Å²) >= 11 is 0. The molecule has 5 rings (SSSR count). The molecule has 4 heterocycles. The van der Waals surface area contributed by atoms with Crippen LogP contribution in [0.1, 0.15) is 38.6 Å². The van der Waals surface area contributed by atoms with Gasteiger partial charge in [0.1, 0.15) is 35.9 Å². The molecule has 5 atom stereocenters. The highest BCUT2D eigenvalue weighted by atomic mass is 32.2. The zero-order chi connectivity index (χ0) is 22.4. The van der Waals surface area contributed by atoms with Crippen LogP contribution in [0.4, 0.5) is 13.2 Å². The first-order chi connectivity index (χ1) is 14.3. The molecule has 0 unspecified atom stereocenters. The van der Waals surface area contributed by atoms with Gasteiger partial charge in [0, 0.05) is 11.6 Å². The molecule has 170 valence electrons. The first-order valence-electron chi connectivity index (χ1n) is 9.66. The summed E-state index contributed by atoms with van der Waals surface area (Å²) in [6.07, 6.45) is -0.611. The van der Waals surface area contributed by atoms with Crippen LogP contribution in [-0.2, 0) is 28.5 Å². The van der Waals surface area contributed by atoms with E-state index in [1.807, 2.05) is 6.92 Å². The van der Waals surface area contributed by atoms with Crippen LogP contribution >= 0.6 is 0 Å². The molecule has 0 amide bonds. The fourth-order valence-corrected chi connectivity index (χ4v) is 5.52. The van der Waals surface area contributed by atoms with Gasteiger partial charge in [-0.15, -0.1) is 0 Å². The van der Waals surface area contributed by atoms with E-state index in [9.17, 15) is 21.6 Å². The monoisotopic (exact) mass is 463 g/mol. The van der Waals surface area contributed by atoms with E-state index in [0.717, 1.165) is 11.1 Å². The molecule has 13 heteroatoms. The SMILES string of the molecule is Cc1ncnc2c1ccn2[C@@H]1O[C@@H]2[C@H](OS(=O)(=O)C(F)(F)F)CC[C@@]23OC(C)(C)O[C@@H]13. The zero-order valence-electron chi connectivity index (χ0n) is 16.8. The van der Waals surface area contributed by atoms with Crippen molar-refractivity contribution in [2.24, 2.45) is 0 Å². The molecule has 2 aliphatic heterocycles. The van der Waals surface area contributed by atoms with E-state index in [2.05, 4.69) is 14.2 Å². The van der Waals surface area contributed by atoms with E-state index >= 15 is 0 Å².